The minimum absolute atomic E-state index is 0. The lowest BCUT2D eigenvalue weighted by Gasteiger charge is -2.50. The van der Waals surface area contributed by atoms with E-state index in [-0.39, 0.29) is 61.0 Å². The van der Waals surface area contributed by atoms with Crippen molar-refractivity contribution < 1.29 is 39.6 Å². The molecule has 0 bridgehead atoms. The normalized spacial score (nSPS) is 28.2. The second kappa shape index (κ2) is 11.4. The van der Waals surface area contributed by atoms with E-state index in [1.165, 1.54) is 6.07 Å². The largest absolute Gasteiger partial charge is 0.507 e. The Morgan fingerprint density at radius 2 is 1.84 bits per heavy atom. The monoisotopic (exact) mass is 559 g/mol. The highest BCUT2D eigenvalue weighted by Crippen LogP contribution is 2.53. The Labute approximate surface area is 225 Å². The van der Waals surface area contributed by atoms with Crippen molar-refractivity contribution in [2.24, 2.45) is 23.5 Å². The van der Waals surface area contributed by atoms with Gasteiger partial charge in [-0.25, -0.2) is 0 Å². The molecule has 4 rings (SSSR count). The van der Waals surface area contributed by atoms with Crippen LogP contribution in [0.3, 0.4) is 0 Å². The van der Waals surface area contributed by atoms with E-state index in [9.17, 15) is 39.6 Å². The van der Waals surface area contributed by atoms with Gasteiger partial charge in [-0.2, -0.15) is 0 Å². The molecule has 5 unspecified atom stereocenters. The molecular formula is C24H31Cl2N3O8. The number of aromatic hydroxyl groups is 1. The summed E-state index contributed by atoms with van der Waals surface area (Å²) in [5.74, 6) is -7.92. The van der Waals surface area contributed by atoms with Gasteiger partial charge in [0.15, 0.2) is 11.4 Å². The highest BCUT2D eigenvalue weighted by atomic mass is 35.5. The lowest BCUT2D eigenvalue weighted by Crippen LogP contribution is -2.66. The number of carbonyl (C=O) groups is 4. The number of nitrogens with two attached hydrogens (primary N) is 1. The number of anilines is 1. The molecule has 1 aromatic carbocycles. The molecule has 13 heteroatoms. The Morgan fingerprint density at radius 1 is 1.16 bits per heavy atom. The third-order valence-corrected chi connectivity index (χ3v) is 7.25. The Balaban J connectivity index is 0.00000241. The Kier molecular flexibility index (Phi) is 9.37. The zero-order valence-electron chi connectivity index (χ0n) is 20.0. The van der Waals surface area contributed by atoms with E-state index < -0.39 is 70.8 Å². The first-order valence-corrected chi connectivity index (χ1v) is 11.6. The lowest BCUT2D eigenvalue weighted by molar-refractivity contribution is -0.173. The second-order valence-electron chi connectivity index (χ2n) is 9.44. The number of phenols is 1. The predicted molar refractivity (Wildman–Crippen MR) is 138 cm³/mol. The summed E-state index contributed by atoms with van der Waals surface area (Å²) in [5.41, 5.74) is 2.91. The van der Waals surface area contributed by atoms with Gasteiger partial charge >= 0.3 is 0 Å². The average Bonchev–Trinajstić information content (AvgIpc) is 2.78. The van der Waals surface area contributed by atoms with Crippen molar-refractivity contribution in [3.05, 3.63) is 28.8 Å². The molecule has 2 fully saturated rings. The van der Waals surface area contributed by atoms with Crippen LogP contribution in [0.5, 0.6) is 5.75 Å². The molecule has 3 aliphatic carbocycles. The molecular weight excluding hydrogens is 529 g/mol. The number of rotatable bonds is 6. The molecule has 2 saturated carbocycles. The molecule has 0 aliphatic heterocycles. The third kappa shape index (κ3) is 4.94. The van der Waals surface area contributed by atoms with Crippen LogP contribution in [0.4, 0.5) is 5.69 Å². The van der Waals surface area contributed by atoms with Crippen LogP contribution in [0.25, 0.3) is 5.76 Å². The van der Waals surface area contributed by atoms with Crippen LogP contribution in [-0.4, -0.2) is 68.6 Å². The Morgan fingerprint density at radius 3 is 2.46 bits per heavy atom. The quantitative estimate of drug-likeness (QED) is 0.146. The summed E-state index contributed by atoms with van der Waals surface area (Å²) in [6.07, 6.45) is -0.965. The number of fused-ring (bicyclic) bond motifs is 3. The van der Waals surface area contributed by atoms with Gasteiger partial charge in [-0.3, -0.25) is 19.2 Å². The van der Waals surface area contributed by atoms with Crippen molar-refractivity contribution in [1.29, 1.82) is 0 Å². The number of amides is 2. The molecule has 2 amide bonds. The van der Waals surface area contributed by atoms with E-state index in [1.54, 1.807) is 6.07 Å². The van der Waals surface area contributed by atoms with Crippen molar-refractivity contribution in [3.8, 4) is 5.75 Å². The van der Waals surface area contributed by atoms with Gasteiger partial charge in [0.2, 0.25) is 17.6 Å². The van der Waals surface area contributed by atoms with Crippen LogP contribution in [0.2, 0.25) is 0 Å². The van der Waals surface area contributed by atoms with Crippen LogP contribution in [0.15, 0.2) is 17.7 Å². The first-order valence-electron chi connectivity index (χ1n) is 11.6. The number of hydrogen-bond acceptors (Lipinski definition) is 9. The van der Waals surface area contributed by atoms with Crippen LogP contribution in [0, 0.1) is 17.8 Å². The highest BCUT2D eigenvalue weighted by Gasteiger charge is 2.65. The van der Waals surface area contributed by atoms with Crippen LogP contribution in [-0.2, 0) is 25.6 Å². The number of ketones is 2. The van der Waals surface area contributed by atoms with Crippen molar-refractivity contribution in [3.63, 3.8) is 0 Å². The molecule has 204 valence electrons. The van der Waals surface area contributed by atoms with Crippen molar-refractivity contribution in [2.45, 2.75) is 44.3 Å². The summed E-state index contributed by atoms with van der Waals surface area (Å²) < 4.78 is 0. The maximum Gasteiger partial charge on any atom is 0.238 e. The van der Waals surface area contributed by atoms with E-state index in [4.69, 9.17) is 5.73 Å². The molecule has 0 heterocycles. The van der Waals surface area contributed by atoms with E-state index in [1.807, 2.05) is 6.92 Å². The van der Waals surface area contributed by atoms with Crippen molar-refractivity contribution >= 4 is 59.6 Å². The standard InChI is InChI=1S/C24H29N3O8.2ClH/c1-2-5-26-9-16(30)27-14-4-3-10-6-12-18(23(25)34)13-7-11(28)8-15(29)24(13,35)22(33)19(12)21(32)17(10)20(14)31;;/h3-4,11-13,18,26,28,31-32,35H,2,5-9H2,1H3,(H2,25,34)(H,27,30);2*1H. The number of primary amides is 1. The van der Waals surface area contributed by atoms with E-state index in [2.05, 4.69) is 10.6 Å². The molecule has 8 N–H and O–H groups in total. The van der Waals surface area contributed by atoms with Crippen LogP contribution >= 0.6 is 24.8 Å². The minimum atomic E-state index is -2.62. The first kappa shape index (κ1) is 30.5. The highest BCUT2D eigenvalue weighted by molar-refractivity contribution is 6.22. The maximum absolute atomic E-state index is 13.5. The fourth-order valence-corrected chi connectivity index (χ4v) is 5.68. The van der Waals surface area contributed by atoms with Crippen LogP contribution in [0.1, 0.15) is 37.3 Å². The molecule has 0 aromatic heterocycles. The average molecular weight is 560 g/mol. The Hall–Kier alpha value is -2.70. The van der Waals surface area contributed by atoms with Gasteiger partial charge < -0.3 is 36.8 Å². The second-order valence-corrected chi connectivity index (χ2v) is 9.44. The molecule has 37 heavy (non-hydrogen) atoms. The number of carbonyl (C=O) groups excluding carboxylic acids is 4. The Bertz CT molecular complexity index is 1160. The summed E-state index contributed by atoms with van der Waals surface area (Å²) in [6.45, 7) is 2.57. The van der Waals surface area contributed by atoms with Gasteiger partial charge in [0.05, 0.1) is 29.8 Å². The molecule has 0 saturated heterocycles. The SMILES string of the molecule is CCCNCC(=O)Nc1ccc2c(c1O)C(O)=C1C(=O)C3(O)C(=O)CC(O)CC3C(C(N)=O)C1C2.Cl.Cl. The van der Waals surface area contributed by atoms with Crippen LogP contribution < -0.4 is 16.4 Å². The fraction of sp³-hybridized carbons (Fsp3) is 0.500. The fourth-order valence-electron chi connectivity index (χ4n) is 5.68. The molecule has 11 nitrogen and oxygen atoms in total. The van der Waals surface area contributed by atoms with E-state index in [0.717, 1.165) is 6.42 Å². The van der Waals surface area contributed by atoms with Crippen molar-refractivity contribution in [2.75, 3.05) is 18.4 Å². The summed E-state index contributed by atoms with van der Waals surface area (Å²) in [7, 11) is 0. The number of benzene rings is 1. The smallest absolute Gasteiger partial charge is 0.238 e. The molecule has 0 radical (unpaired) electrons. The number of aliphatic hydroxyl groups is 3. The predicted octanol–water partition coefficient (Wildman–Crippen LogP) is 0.371. The molecule has 0 spiro atoms. The number of Topliss-reactive ketones (excluding diaryl/α,β-unsaturated/α-hetero) is 2. The number of nitrogens with one attached hydrogen (secondary N) is 2. The zero-order chi connectivity index (χ0) is 25.7. The van der Waals surface area contributed by atoms with Gasteiger partial charge in [-0.15, -0.1) is 24.8 Å². The topological polar surface area (TPSA) is 199 Å². The third-order valence-electron chi connectivity index (χ3n) is 7.25. The minimum Gasteiger partial charge on any atom is -0.507 e. The summed E-state index contributed by atoms with van der Waals surface area (Å²) in [4.78, 5) is 50.9. The van der Waals surface area contributed by atoms with Gasteiger partial charge in [-0.05, 0) is 37.4 Å². The van der Waals surface area contributed by atoms with Gasteiger partial charge in [0, 0.05) is 23.8 Å². The number of halogens is 2. The summed E-state index contributed by atoms with van der Waals surface area (Å²) >= 11 is 0. The maximum atomic E-state index is 13.5. The van der Waals surface area contributed by atoms with Gasteiger partial charge in [-0.1, -0.05) is 13.0 Å². The lowest BCUT2D eigenvalue weighted by atomic mass is 9.53. The number of aliphatic hydroxyl groups excluding tert-OH is 2. The number of hydrogen-bond donors (Lipinski definition) is 7. The first-order chi connectivity index (χ1) is 16.5. The van der Waals surface area contributed by atoms with Crippen molar-refractivity contribution in [1.82, 2.24) is 5.32 Å². The zero-order valence-corrected chi connectivity index (χ0v) is 21.7. The molecule has 3 aliphatic rings. The molecule has 5 atom stereocenters. The summed E-state index contributed by atoms with van der Waals surface area (Å²) in [6, 6.07) is 2.99. The molecule has 1 aromatic rings. The van der Waals surface area contributed by atoms with Gasteiger partial charge in [0.25, 0.3) is 0 Å². The number of phenolic OH excluding ortho intramolecular Hbond substituents is 1. The summed E-state index contributed by atoms with van der Waals surface area (Å²) in [5, 5.41) is 48.8. The van der Waals surface area contributed by atoms with Gasteiger partial charge in [0.1, 0.15) is 11.5 Å². The van der Waals surface area contributed by atoms with E-state index >= 15 is 0 Å². The van der Waals surface area contributed by atoms with E-state index in [0.29, 0.717) is 12.1 Å².